The molecule has 0 aromatic heterocycles. The fourth-order valence-corrected chi connectivity index (χ4v) is 3.07. The number of esters is 1. The molecule has 0 aliphatic heterocycles. The molecule has 0 saturated carbocycles. The molecule has 1 N–H and O–H groups in total. The molecule has 0 radical (unpaired) electrons. The first-order valence-corrected chi connectivity index (χ1v) is 10.2. The van der Waals surface area contributed by atoms with Crippen molar-refractivity contribution in [2.24, 2.45) is 5.92 Å². The van der Waals surface area contributed by atoms with Crippen LogP contribution in [0.1, 0.15) is 55.2 Å². The summed E-state index contributed by atoms with van der Waals surface area (Å²) < 4.78 is 15.8. The lowest BCUT2D eigenvalue weighted by Crippen LogP contribution is -2.31. The van der Waals surface area contributed by atoms with E-state index in [9.17, 15) is 9.59 Å². The highest BCUT2D eigenvalue weighted by Crippen LogP contribution is 2.28. The summed E-state index contributed by atoms with van der Waals surface area (Å²) in [5, 5.41) is 2.85. The van der Waals surface area contributed by atoms with E-state index in [4.69, 9.17) is 14.2 Å². The molecule has 1 atom stereocenters. The summed E-state index contributed by atoms with van der Waals surface area (Å²) in [5.74, 6) is 0.617. The second-order valence-electron chi connectivity index (χ2n) is 7.50. The normalized spacial score (nSPS) is 11.7. The van der Waals surface area contributed by atoms with E-state index in [2.05, 4.69) is 31.3 Å². The molecule has 6 nitrogen and oxygen atoms in total. The molecule has 0 fully saturated rings. The van der Waals surface area contributed by atoms with Crippen molar-refractivity contribution >= 4 is 11.9 Å². The Labute approximate surface area is 178 Å². The molecule has 0 spiro atoms. The third-order valence-corrected chi connectivity index (χ3v) is 4.53. The highest BCUT2D eigenvalue weighted by atomic mass is 16.5. The van der Waals surface area contributed by atoms with Gasteiger partial charge in [0.2, 0.25) is 0 Å². The molecule has 2 aromatic rings. The summed E-state index contributed by atoms with van der Waals surface area (Å²) in [5.41, 5.74) is 2.56. The second kappa shape index (κ2) is 11.2. The van der Waals surface area contributed by atoms with Crippen LogP contribution in [0.4, 0.5) is 0 Å². The average Bonchev–Trinajstić information content (AvgIpc) is 2.72. The van der Waals surface area contributed by atoms with Crippen molar-refractivity contribution in [3.8, 4) is 11.5 Å². The number of carbonyl (C=O) groups excluding carboxylic acids is 2. The van der Waals surface area contributed by atoms with Gasteiger partial charge in [0.15, 0.2) is 18.1 Å². The molecule has 0 saturated heterocycles. The van der Waals surface area contributed by atoms with Crippen LogP contribution in [0.2, 0.25) is 0 Å². The molecule has 2 rings (SSSR count). The minimum atomic E-state index is -0.598. The van der Waals surface area contributed by atoms with Crippen LogP contribution >= 0.6 is 0 Å². The third kappa shape index (κ3) is 6.79. The molecular formula is C24H31NO5. The molecule has 6 heteroatoms. The molecule has 0 aliphatic carbocycles. The van der Waals surface area contributed by atoms with E-state index in [1.165, 1.54) is 12.7 Å². The zero-order valence-corrected chi connectivity index (χ0v) is 18.4. The van der Waals surface area contributed by atoms with Crippen molar-refractivity contribution in [3.63, 3.8) is 0 Å². The van der Waals surface area contributed by atoms with E-state index >= 15 is 0 Å². The van der Waals surface area contributed by atoms with Crippen LogP contribution in [0.3, 0.4) is 0 Å². The molecule has 0 bridgehead atoms. The summed E-state index contributed by atoms with van der Waals surface area (Å²) in [6, 6.07) is 12.8. The first kappa shape index (κ1) is 23.3. The third-order valence-electron chi connectivity index (χ3n) is 4.53. The maximum absolute atomic E-state index is 12.3. The maximum Gasteiger partial charge on any atom is 0.338 e. The monoisotopic (exact) mass is 413 g/mol. The Morgan fingerprint density at radius 1 is 1.00 bits per heavy atom. The van der Waals surface area contributed by atoms with Crippen LogP contribution in [0.25, 0.3) is 0 Å². The average molecular weight is 414 g/mol. The SMILES string of the molecule is CCOc1cc(C(=O)OCC(=O)N[C@H](C)c2ccc(CC(C)C)cc2)ccc1OC. The van der Waals surface area contributed by atoms with Crippen LogP contribution in [0.5, 0.6) is 11.5 Å². The Morgan fingerprint density at radius 3 is 2.30 bits per heavy atom. The van der Waals surface area contributed by atoms with Gasteiger partial charge in [0.25, 0.3) is 5.91 Å². The van der Waals surface area contributed by atoms with Crippen molar-refractivity contribution in [1.29, 1.82) is 0 Å². The minimum absolute atomic E-state index is 0.185. The quantitative estimate of drug-likeness (QED) is 0.587. The van der Waals surface area contributed by atoms with Gasteiger partial charge in [-0.25, -0.2) is 4.79 Å². The van der Waals surface area contributed by atoms with Gasteiger partial charge in [0.05, 0.1) is 25.3 Å². The second-order valence-corrected chi connectivity index (χ2v) is 7.50. The van der Waals surface area contributed by atoms with Gasteiger partial charge in [0, 0.05) is 0 Å². The topological polar surface area (TPSA) is 73.9 Å². The Bertz CT molecular complexity index is 845. The lowest BCUT2D eigenvalue weighted by molar-refractivity contribution is -0.124. The Kier molecular flexibility index (Phi) is 8.71. The van der Waals surface area contributed by atoms with Crippen LogP contribution < -0.4 is 14.8 Å². The van der Waals surface area contributed by atoms with Gasteiger partial charge in [-0.3, -0.25) is 4.79 Å². The number of ether oxygens (including phenoxy) is 3. The van der Waals surface area contributed by atoms with E-state index < -0.39 is 5.97 Å². The zero-order valence-electron chi connectivity index (χ0n) is 18.4. The highest BCUT2D eigenvalue weighted by molar-refractivity contribution is 5.92. The van der Waals surface area contributed by atoms with Crippen molar-refractivity contribution in [1.82, 2.24) is 5.32 Å². The predicted molar refractivity (Wildman–Crippen MR) is 116 cm³/mol. The Hall–Kier alpha value is -3.02. The van der Waals surface area contributed by atoms with Gasteiger partial charge in [-0.05, 0) is 55.5 Å². The maximum atomic E-state index is 12.3. The largest absolute Gasteiger partial charge is 0.493 e. The summed E-state index contributed by atoms with van der Waals surface area (Å²) in [6.07, 6.45) is 1.02. The Morgan fingerprint density at radius 2 is 1.70 bits per heavy atom. The number of amides is 1. The molecule has 30 heavy (non-hydrogen) atoms. The lowest BCUT2D eigenvalue weighted by Gasteiger charge is -2.15. The first-order valence-electron chi connectivity index (χ1n) is 10.2. The Balaban J connectivity index is 1.89. The first-order chi connectivity index (χ1) is 14.3. The molecular weight excluding hydrogens is 382 g/mol. The number of nitrogens with one attached hydrogen (secondary N) is 1. The van der Waals surface area contributed by atoms with E-state index in [1.807, 2.05) is 26.0 Å². The van der Waals surface area contributed by atoms with Crippen molar-refractivity contribution in [2.75, 3.05) is 20.3 Å². The van der Waals surface area contributed by atoms with Crippen molar-refractivity contribution < 1.29 is 23.8 Å². The van der Waals surface area contributed by atoms with Crippen molar-refractivity contribution in [2.45, 2.75) is 40.2 Å². The minimum Gasteiger partial charge on any atom is -0.493 e. The molecule has 2 aromatic carbocycles. The summed E-state index contributed by atoms with van der Waals surface area (Å²) in [6.45, 7) is 8.18. The van der Waals surface area contributed by atoms with E-state index in [0.717, 1.165) is 12.0 Å². The fourth-order valence-electron chi connectivity index (χ4n) is 3.07. The van der Waals surface area contributed by atoms with Crippen LogP contribution in [-0.2, 0) is 16.0 Å². The summed E-state index contributed by atoms with van der Waals surface area (Å²) in [4.78, 5) is 24.5. The standard InChI is InChI=1S/C24H31NO5/c1-6-29-22-14-20(11-12-21(22)28-5)24(27)30-15-23(26)25-17(4)19-9-7-18(8-10-19)13-16(2)3/h7-12,14,16-17H,6,13,15H2,1-5H3,(H,25,26)/t17-/m1/s1. The van der Waals surface area contributed by atoms with Crippen molar-refractivity contribution in [3.05, 3.63) is 59.2 Å². The van der Waals surface area contributed by atoms with Gasteiger partial charge < -0.3 is 19.5 Å². The molecule has 162 valence electrons. The number of hydrogen-bond acceptors (Lipinski definition) is 5. The smallest absolute Gasteiger partial charge is 0.338 e. The van der Waals surface area contributed by atoms with Gasteiger partial charge in [-0.1, -0.05) is 38.1 Å². The van der Waals surface area contributed by atoms with Gasteiger partial charge in [-0.2, -0.15) is 0 Å². The molecule has 0 heterocycles. The van der Waals surface area contributed by atoms with Crippen LogP contribution in [0.15, 0.2) is 42.5 Å². The number of hydrogen-bond donors (Lipinski definition) is 1. The number of methoxy groups -OCH3 is 1. The summed E-state index contributed by atoms with van der Waals surface area (Å²) >= 11 is 0. The van der Waals surface area contributed by atoms with Gasteiger partial charge >= 0.3 is 5.97 Å². The highest BCUT2D eigenvalue weighted by Gasteiger charge is 2.15. The van der Waals surface area contributed by atoms with E-state index in [-0.39, 0.29) is 18.6 Å². The van der Waals surface area contributed by atoms with Crippen LogP contribution in [-0.4, -0.2) is 32.2 Å². The van der Waals surface area contributed by atoms with E-state index in [0.29, 0.717) is 29.6 Å². The van der Waals surface area contributed by atoms with E-state index in [1.54, 1.807) is 18.2 Å². The molecule has 0 unspecified atom stereocenters. The van der Waals surface area contributed by atoms with Gasteiger partial charge in [0.1, 0.15) is 0 Å². The zero-order chi connectivity index (χ0) is 22.1. The number of carbonyl (C=O) groups is 2. The molecule has 0 aliphatic rings. The number of rotatable bonds is 10. The summed E-state index contributed by atoms with van der Waals surface area (Å²) in [7, 11) is 1.53. The van der Waals surface area contributed by atoms with Crippen LogP contribution in [0, 0.1) is 5.92 Å². The number of benzene rings is 2. The lowest BCUT2D eigenvalue weighted by atomic mass is 10.00. The van der Waals surface area contributed by atoms with Gasteiger partial charge in [-0.15, -0.1) is 0 Å². The molecule has 1 amide bonds. The predicted octanol–water partition coefficient (Wildman–Crippen LogP) is 4.33. The fraction of sp³-hybridized carbons (Fsp3) is 0.417.